The highest BCUT2D eigenvalue weighted by Gasteiger charge is 2.27. The zero-order valence-electron chi connectivity index (χ0n) is 12.0. The first kappa shape index (κ1) is 13.1. The highest BCUT2D eigenvalue weighted by molar-refractivity contribution is 5.28. The SMILES string of the molecule is CC(C)c1noc(N2CCC(Cc3ccccn3)C2)n1. The molecule has 1 fully saturated rings. The standard InChI is InChI=1S/C15H20N4O/c1-11(2)14-17-15(20-18-14)19-8-6-12(10-19)9-13-5-3-4-7-16-13/h3-5,7,11-12H,6,8-10H2,1-2H3. The molecule has 1 saturated heterocycles. The van der Waals surface area contributed by atoms with Crippen LogP contribution in [-0.4, -0.2) is 28.2 Å². The van der Waals surface area contributed by atoms with E-state index in [9.17, 15) is 0 Å². The molecule has 1 atom stereocenters. The molecule has 0 saturated carbocycles. The van der Waals surface area contributed by atoms with Crippen LogP contribution in [0.4, 0.5) is 6.01 Å². The third-order valence-corrected chi connectivity index (χ3v) is 3.73. The average Bonchev–Trinajstić information content (AvgIpc) is 3.08. The minimum Gasteiger partial charge on any atom is -0.324 e. The van der Waals surface area contributed by atoms with Crippen LogP contribution in [0.5, 0.6) is 0 Å². The molecule has 0 aliphatic carbocycles. The fourth-order valence-corrected chi connectivity index (χ4v) is 2.58. The third-order valence-electron chi connectivity index (χ3n) is 3.73. The molecule has 106 valence electrons. The second-order valence-corrected chi connectivity index (χ2v) is 5.72. The number of rotatable bonds is 4. The van der Waals surface area contributed by atoms with Gasteiger partial charge >= 0.3 is 6.01 Å². The lowest BCUT2D eigenvalue weighted by molar-refractivity contribution is 0.406. The van der Waals surface area contributed by atoms with Gasteiger partial charge in [0.25, 0.3) is 0 Å². The molecule has 3 heterocycles. The smallest absolute Gasteiger partial charge is 0.324 e. The molecule has 0 bridgehead atoms. The van der Waals surface area contributed by atoms with Crippen LogP contribution in [0, 0.1) is 5.92 Å². The van der Waals surface area contributed by atoms with Crippen molar-refractivity contribution in [2.45, 2.75) is 32.6 Å². The summed E-state index contributed by atoms with van der Waals surface area (Å²) in [5.41, 5.74) is 1.16. The molecule has 2 aromatic heterocycles. The second kappa shape index (κ2) is 5.61. The van der Waals surface area contributed by atoms with E-state index in [4.69, 9.17) is 4.52 Å². The van der Waals surface area contributed by atoms with Gasteiger partial charge in [0.15, 0.2) is 5.82 Å². The monoisotopic (exact) mass is 272 g/mol. The maximum Gasteiger partial charge on any atom is 0.324 e. The van der Waals surface area contributed by atoms with E-state index in [1.54, 1.807) is 0 Å². The Morgan fingerprint density at radius 3 is 3.00 bits per heavy atom. The van der Waals surface area contributed by atoms with Gasteiger partial charge in [-0.2, -0.15) is 4.98 Å². The Hall–Kier alpha value is -1.91. The Bertz CT molecular complexity index is 552. The summed E-state index contributed by atoms with van der Waals surface area (Å²) >= 11 is 0. The number of anilines is 1. The van der Waals surface area contributed by atoms with Gasteiger partial charge in [-0.1, -0.05) is 25.1 Å². The molecule has 0 amide bonds. The molecule has 2 aromatic rings. The normalized spacial score (nSPS) is 18.9. The van der Waals surface area contributed by atoms with Gasteiger partial charge in [-0.15, -0.1) is 0 Å². The second-order valence-electron chi connectivity index (χ2n) is 5.72. The highest BCUT2D eigenvalue weighted by atomic mass is 16.5. The quantitative estimate of drug-likeness (QED) is 0.856. The summed E-state index contributed by atoms with van der Waals surface area (Å²) in [5.74, 6) is 1.70. The van der Waals surface area contributed by atoms with Crippen molar-refractivity contribution in [3.8, 4) is 0 Å². The van der Waals surface area contributed by atoms with E-state index >= 15 is 0 Å². The van der Waals surface area contributed by atoms with Crippen LogP contribution in [0.25, 0.3) is 0 Å². The van der Waals surface area contributed by atoms with Crippen molar-refractivity contribution in [3.63, 3.8) is 0 Å². The zero-order chi connectivity index (χ0) is 13.9. The van der Waals surface area contributed by atoms with E-state index in [1.807, 2.05) is 18.3 Å². The van der Waals surface area contributed by atoms with Crippen LogP contribution >= 0.6 is 0 Å². The van der Waals surface area contributed by atoms with Crippen molar-refractivity contribution in [2.75, 3.05) is 18.0 Å². The topological polar surface area (TPSA) is 55.1 Å². The van der Waals surface area contributed by atoms with Gasteiger partial charge in [-0.3, -0.25) is 4.98 Å². The molecule has 0 radical (unpaired) electrons. The van der Waals surface area contributed by atoms with E-state index < -0.39 is 0 Å². The van der Waals surface area contributed by atoms with Crippen molar-refractivity contribution in [1.29, 1.82) is 0 Å². The van der Waals surface area contributed by atoms with Gasteiger partial charge in [0.1, 0.15) is 0 Å². The number of pyridine rings is 1. The fourth-order valence-electron chi connectivity index (χ4n) is 2.58. The largest absolute Gasteiger partial charge is 0.324 e. The van der Waals surface area contributed by atoms with E-state index in [1.165, 1.54) is 0 Å². The molecule has 20 heavy (non-hydrogen) atoms. The molecule has 0 aromatic carbocycles. The summed E-state index contributed by atoms with van der Waals surface area (Å²) in [6.45, 7) is 6.10. The van der Waals surface area contributed by atoms with Crippen LogP contribution in [0.3, 0.4) is 0 Å². The predicted octanol–water partition coefficient (Wildman–Crippen LogP) is 2.66. The maximum atomic E-state index is 5.36. The lowest BCUT2D eigenvalue weighted by atomic mass is 10.0. The van der Waals surface area contributed by atoms with E-state index in [0.717, 1.165) is 37.4 Å². The van der Waals surface area contributed by atoms with Crippen molar-refractivity contribution >= 4 is 6.01 Å². The summed E-state index contributed by atoms with van der Waals surface area (Å²) in [4.78, 5) is 11.1. The third kappa shape index (κ3) is 2.81. The first-order chi connectivity index (χ1) is 9.72. The Balaban J connectivity index is 1.61. The Morgan fingerprint density at radius 2 is 2.30 bits per heavy atom. The van der Waals surface area contributed by atoms with Crippen LogP contribution in [0.15, 0.2) is 28.9 Å². The first-order valence-corrected chi connectivity index (χ1v) is 7.21. The van der Waals surface area contributed by atoms with Gasteiger partial charge in [0, 0.05) is 30.9 Å². The lowest BCUT2D eigenvalue weighted by Crippen LogP contribution is -2.20. The molecule has 3 rings (SSSR count). The van der Waals surface area contributed by atoms with Crippen molar-refractivity contribution in [1.82, 2.24) is 15.1 Å². The molecule has 1 aliphatic rings. The number of hydrogen-bond donors (Lipinski definition) is 0. The Morgan fingerprint density at radius 1 is 1.40 bits per heavy atom. The van der Waals surface area contributed by atoms with E-state index in [2.05, 4.69) is 39.9 Å². The van der Waals surface area contributed by atoms with Gasteiger partial charge in [0.2, 0.25) is 0 Å². The molecule has 5 heteroatoms. The minimum absolute atomic E-state index is 0.305. The number of nitrogens with zero attached hydrogens (tertiary/aromatic N) is 4. The van der Waals surface area contributed by atoms with E-state index in [-0.39, 0.29) is 0 Å². The number of hydrogen-bond acceptors (Lipinski definition) is 5. The van der Waals surface area contributed by atoms with Crippen molar-refractivity contribution in [2.24, 2.45) is 5.92 Å². The van der Waals surface area contributed by atoms with Gasteiger partial charge in [-0.25, -0.2) is 0 Å². The van der Waals surface area contributed by atoms with Crippen LogP contribution < -0.4 is 4.90 Å². The lowest BCUT2D eigenvalue weighted by Gasteiger charge is -2.12. The minimum atomic E-state index is 0.305. The summed E-state index contributed by atoms with van der Waals surface area (Å²) in [6.07, 6.45) is 4.02. The Kier molecular flexibility index (Phi) is 3.67. The summed E-state index contributed by atoms with van der Waals surface area (Å²) in [5, 5.41) is 4.03. The van der Waals surface area contributed by atoms with Crippen molar-refractivity contribution in [3.05, 3.63) is 35.9 Å². The Labute approximate surface area is 119 Å². The maximum absolute atomic E-state index is 5.36. The van der Waals surface area contributed by atoms with Crippen LogP contribution in [0.2, 0.25) is 0 Å². The molecular weight excluding hydrogens is 252 g/mol. The predicted molar refractivity (Wildman–Crippen MR) is 76.6 cm³/mol. The molecule has 0 N–H and O–H groups in total. The molecular formula is C15H20N4O. The molecule has 5 nitrogen and oxygen atoms in total. The summed E-state index contributed by atoms with van der Waals surface area (Å²) in [6, 6.07) is 6.75. The van der Waals surface area contributed by atoms with Crippen molar-refractivity contribution < 1.29 is 4.52 Å². The molecule has 0 spiro atoms. The number of aromatic nitrogens is 3. The average molecular weight is 272 g/mol. The zero-order valence-corrected chi connectivity index (χ0v) is 12.0. The van der Waals surface area contributed by atoms with Crippen LogP contribution in [0.1, 0.15) is 37.7 Å². The molecule has 1 aliphatic heterocycles. The van der Waals surface area contributed by atoms with Gasteiger partial charge in [0.05, 0.1) is 0 Å². The highest BCUT2D eigenvalue weighted by Crippen LogP contribution is 2.25. The summed E-state index contributed by atoms with van der Waals surface area (Å²) < 4.78 is 5.36. The van der Waals surface area contributed by atoms with Gasteiger partial charge in [-0.05, 0) is 30.9 Å². The van der Waals surface area contributed by atoms with E-state index in [0.29, 0.717) is 17.9 Å². The summed E-state index contributed by atoms with van der Waals surface area (Å²) in [7, 11) is 0. The fraction of sp³-hybridized carbons (Fsp3) is 0.533. The first-order valence-electron chi connectivity index (χ1n) is 7.21. The van der Waals surface area contributed by atoms with Gasteiger partial charge < -0.3 is 9.42 Å². The molecule has 1 unspecified atom stereocenters. The van der Waals surface area contributed by atoms with Crippen LogP contribution in [-0.2, 0) is 6.42 Å².